The molecule has 2 aromatic rings. The fourth-order valence-corrected chi connectivity index (χ4v) is 4.44. The second kappa shape index (κ2) is 10.7. The van der Waals surface area contributed by atoms with E-state index >= 15 is 4.39 Å². The zero-order chi connectivity index (χ0) is 24.9. The van der Waals surface area contributed by atoms with Crippen molar-refractivity contribution in [1.82, 2.24) is 15.3 Å². The van der Waals surface area contributed by atoms with E-state index in [-0.39, 0.29) is 24.7 Å². The average molecular weight is 488 g/mol. The lowest BCUT2D eigenvalue weighted by atomic mass is 9.93. The third-order valence-electron chi connectivity index (χ3n) is 6.25. The predicted molar refractivity (Wildman–Crippen MR) is 126 cm³/mol. The minimum absolute atomic E-state index is 0.204. The molecule has 11 heteroatoms. The van der Waals surface area contributed by atoms with Gasteiger partial charge in [-0.3, -0.25) is 9.69 Å². The lowest BCUT2D eigenvalue weighted by Gasteiger charge is -2.33. The van der Waals surface area contributed by atoms with Gasteiger partial charge in [0.25, 0.3) is 0 Å². The molecule has 2 saturated heterocycles. The Bertz CT molecular complexity index is 1080. The van der Waals surface area contributed by atoms with Gasteiger partial charge in [0.1, 0.15) is 17.7 Å². The van der Waals surface area contributed by atoms with Gasteiger partial charge in [0, 0.05) is 32.6 Å². The van der Waals surface area contributed by atoms with Gasteiger partial charge < -0.3 is 24.7 Å². The van der Waals surface area contributed by atoms with Crippen LogP contribution in [0, 0.1) is 11.7 Å². The first-order valence-corrected chi connectivity index (χ1v) is 11.8. The monoisotopic (exact) mass is 487 g/mol. The standard InChI is InChI=1S/C24H30FN5O5/c1-3-34-23(32)20-13-27-22(28-20)10-16-6-8-29(9-7-16)21-5-4-17(11-19(21)25)30-14-18(35-24(30)33)12-26-15(2)31/h4-5,11,13,16,18H,3,6-10,12,14H2,1-2H3,(H,26,31)(H,27,28)/t18-/m0/s1. The van der Waals surface area contributed by atoms with E-state index in [1.807, 2.05) is 4.90 Å². The van der Waals surface area contributed by atoms with Gasteiger partial charge in [-0.2, -0.15) is 0 Å². The van der Waals surface area contributed by atoms with Gasteiger partial charge in [0.05, 0.1) is 31.1 Å². The number of cyclic esters (lactones) is 1. The lowest BCUT2D eigenvalue weighted by molar-refractivity contribution is -0.119. The van der Waals surface area contributed by atoms with E-state index in [4.69, 9.17) is 9.47 Å². The maximum atomic E-state index is 15.0. The van der Waals surface area contributed by atoms with Crippen LogP contribution in [0.3, 0.4) is 0 Å². The second-order valence-corrected chi connectivity index (χ2v) is 8.78. The molecule has 4 rings (SSSR count). The number of hydrogen-bond donors (Lipinski definition) is 2. The quantitative estimate of drug-likeness (QED) is 0.550. The molecule has 1 aromatic carbocycles. The molecule has 3 heterocycles. The van der Waals surface area contributed by atoms with Crippen molar-refractivity contribution >= 4 is 29.3 Å². The third kappa shape index (κ3) is 5.90. The first-order chi connectivity index (χ1) is 16.8. The molecule has 0 spiro atoms. The highest BCUT2D eigenvalue weighted by molar-refractivity contribution is 5.90. The summed E-state index contributed by atoms with van der Waals surface area (Å²) in [4.78, 5) is 45.8. The Balaban J connectivity index is 1.31. The fraction of sp³-hybridized carbons (Fsp3) is 0.500. The number of rotatable bonds is 8. The Kier molecular flexibility index (Phi) is 7.52. The van der Waals surface area contributed by atoms with E-state index in [1.165, 1.54) is 17.9 Å². The molecule has 1 atom stereocenters. The van der Waals surface area contributed by atoms with Crippen LogP contribution in [-0.4, -0.2) is 66.8 Å². The normalized spacial score (nSPS) is 18.5. The van der Waals surface area contributed by atoms with Crippen LogP contribution in [0.15, 0.2) is 24.4 Å². The van der Waals surface area contributed by atoms with Crippen molar-refractivity contribution in [3.8, 4) is 0 Å². The SMILES string of the molecule is CCOC(=O)c1c[nH]c(CC2CCN(c3ccc(N4C[C@H](CNC(C)=O)OC4=O)cc3F)CC2)n1. The molecule has 0 saturated carbocycles. The first-order valence-electron chi connectivity index (χ1n) is 11.8. The molecular formula is C24H30FN5O5. The molecular weight excluding hydrogens is 457 g/mol. The van der Waals surface area contributed by atoms with Crippen molar-refractivity contribution in [2.45, 2.75) is 39.2 Å². The van der Waals surface area contributed by atoms with E-state index < -0.39 is 24.0 Å². The molecule has 2 aliphatic rings. The number of nitrogens with one attached hydrogen (secondary N) is 2. The molecule has 35 heavy (non-hydrogen) atoms. The summed E-state index contributed by atoms with van der Waals surface area (Å²) in [6, 6.07) is 4.76. The lowest BCUT2D eigenvalue weighted by Crippen LogP contribution is -2.35. The topological polar surface area (TPSA) is 117 Å². The maximum absolute atomic E-state index is 15.0. The van der Waals surface area contributed by atoms with Crippen molar-refractivity contribution in [1.29, 1.82) is 0 Å². The number of amides is 2. The summed E-state index contributed by atoms with van der Waals surface area (Å²) in [6.07, 6.45) is 2.97. The van der Waals surface area contributed by atoms with E-state index in [1.54, 1.807) is 25.3 Å². The van der Waals surface area contributed by atoms with E-state index in [9.17, 15) is 14.4 Å². The van der Waals surface area contributed by atoms with Crippen LogP contribution in [-0.2, 0) is 20.7 Å². The number of carbonyl (C=O) groups excluding carboxylic acids is 3. The number of hydrogen-bond acceptors (Lipinski definition) is 7. The summed E-state index contributed by atoms with van der Waals surface area (Å²) in [6.45, 7) is 5.29. The molecule has 0 radical (unpaired) electrons. The zero-order valence-corrected chi connectivity index (χ0v) is 19.9. The number of nitrogens with zero attached hydrogens (tertiary/aromatic N) is 3. The number of imidazole rings is 1. The van der Waals surface area contributed by atoms with Crippen molar-refractivity contribution in [2.24, 2.45) is 5.92 Å². The molecule has 0 bridgehead atoms. The molecule has 0 aliphatic carbocycles. The van der Waals surface area contributed by atoms with Gasteiger partial charge in [0.2, 0.25) is 5.91 Å². The number of esters is 1. The van der Waals surface area contributed by atoms with Crippen LogP contribution in [0.4, 0.5) is 20.6 Å². The molecule has 2 amide bonds. The largest absolute Gasteiger partial charge is 0.461 e. The Hall–Kier alpha value is -3.63. The van der Waals surface area contributed by atoms with Gasteiger partial charge >= 0.3 is 12.1 Å². The number of aromatic amines is 1. The predicted octanol–water partition coefficient (Wildman–Crippen LogP) is 2.65. The van der Waals surface area contributed by atoms with Crippen molar-refractivity contribution in [3.05, 3.63) is 41.7 Å². The molecule has 1 aromatic heterocycles. The van der Waals surface area contributed by atoms with Gasteiger partial charge in [-0.15, -0.1) is 0 Å². The molecule has 2 N–H and O–H groups in total. The molecule has 0 unspecified atom stereocenters. The number of anilines is 2. The van der Waals surface area contributed by atoms with Crippen LogP contribution in [0.25, 0.3) is 0 Å². The Morgan fingerprint density at radius 1 is 1.31 bits per heavy atom. The highest BCUT2D eigenvalue weighted by Gasteiger charge is 2.33. The summed E-state index contributed by atoms with van der Waals surface area (Å²) < 4.78 is 25.2. The van der Waals surface area contributed by atoms with Crippen LogP contribution in [0.2, 0.25) is 0 Å². The van der Waals surface area contributed by atoms with Gasteiger partial charge in [0.15, 0.2) is 5.69 Å². The number of halogens is 1. The summed E-state index contributed by atoms with van der Waals surface area (Å²) in [5.41, 5.74) is 1.20. The first kappa shape index (κ1) is 24.5. The van der Waals surface area contributed by atoms with E-state index in [2.05, 4.69) is 15.3 Å². The zero-order valence-electron chi connectivity index (χ0n) is 19.9. The minimum Gasteiger partial charge on any atom is -0.461 e. The molecule has 10 nitrogen and oxygen atoms in total. The summed E-state index contributed by atoms with van der Waals surface area (Å²) in [5, 5.41) is 2.62. The number of aromatic nitrogens is 2. The van der Waals surface area contributed by atoms with Crippen LogP contribution in [0.5, 0.6) is 0 Å². The third-order valence-corrected chi connectivity index (χ3v) is 6.25. The van der Waals surface area contributed by atoms with Gasteiger partial charge in [-0.25, -0.2) is 19.0 Å². The van der Waals surface area contributed by atoms with Gasteiger partial charge in [-0.1, -0.05) is 0 Å². The number of ether oxygens (including phenoxy) is 2. The Morgan fingerprint density at radius 2 is 2.09 bits per heavy atom. The van der Waals surface area contributed by atoms with Crippen LogP contribution < -0.4 is 15.1 Å². The summed E-state index contributed by atoms with van der Waals surface area (Å²) in [5.74, 6) is 0.0775. The molecule has 188 valence electrons. The van der Waals surface area contributed by atoms with E-state index in [0.717, 1.165) is 18.7 Å². The second-order valence-electron chi connectivity index (χ2n) is 8.78. The number of benzene rings is 1. The molecule has 2 fully saturated rings. The number of H-pyrrole nitrogens is 1. The average Bonchev–Trinajstić information content (AvgIpc) is 3.45. The smallest absolute Gasteiger partial charge is 0.414 e. The summed E-state index contributed by atoms with van der Waals surface area (Å²) in [7, 11) is 0. The highest BCUT2D eigenvalue weighted by Crippen LogP contribution is 2.31. The van der Waals surface area contributed by atoms with Crippen LogP contribution in [0.1, 0.15) is 43.0 Å². The van der Waals surface area contributed by atoms with Gasteiger partial charge in [-0.05, 0) is 43.9 Å². The Labute approximate surface area is 202 Å². The Morgan fingerprint density at radius 3 is 2.77 bits per heavy atom. The highest BCUT2D eigenvalue weighted by atomic mass is 19.1. The molecule has 2 aliphatic heterocycles. The van der Waals surface area contributed by atoms with Crippen molar-refractivity contribution in [2.75, 3.05) is 42.6 Å². The number of carbonyl (C=O) groups is 3. The van der Waals surface area contributed by atoms with Crippen LogP contribution >= 0.6 is 0 Å². The number of piperidine rings is 1. The maximum Gasteiger partial charge on any atom is 0.414 e. The van der Waals surface area contributed by atoms with E-state index in [0.29, 0.717) is 43.4 Å². The van der Waals surface area contributed by atoms with Crippen molar-refractivity contribution < 1.29 is 28.2 Å². The van der Waals surface area contributed by atoms with Crippen molar-refractivity contribution in [3.63, 3.8) is 0 Å². The minimum atomic E-state index is -0.558. The fourth-order valence-electron chi connectivity index (χ4n) is 4.44. The summed E-state index contributed by atoms with van der Waals surface area (Å²) >= 11 is 0.